The van der Waals surface area contributed by atoms with Crippen LogP contribution in [0.4, 0.5) is 5.13 Å². The van der Waals surface area contributed by atoms with E-state index in [9.17, 15) is 4.79 Å². The second kappa shape index (κ2) is 7.63. The van der Waals surface area contributed by atoms with E-state index in [2.05, 4.69) is 21.3 Å². The van der Waals surface area contributed by atoms with E-state index in [1.807, 2.05) is 53.4 Å². The Morgan fingerprint density at radius 1 is 0.931 bits per heavy atom. The van der Waals surface area contributed by atoms with Gasteiger partial charge in [0, 0.05) is 26.2 Å². The molecule has 1 saturated heterocycles. The molecule has 29 heavy (non-hydrogen) atoms. The van der Waals surface area contributed by atoms with E-state index in [-0.39, 0.29) is 5.91 Å². The molecule has 0 atom stereocenters. The van der Waals surface area contributed by atoms with E-state index in [1.54, 1.807) is 22.2 Å². The first-order chi connectivity index (χ1) is 14.3. The van der Waals surface area contributed by atoms with E-state index in [0.29, 0.717) is 18.8 Å². The van der Waals surface area contributed by atoms with Gasteiger partial charge in [-0.05, 0) is 30.7 Å². The molecule has 1 amide bonds. The molecule has 4 aromatic rings. The highest BCUT2D eigenvalue weighted by molar-refractivity contribution is 7.22. The fraction of sp³-hybridized carbons (Fsp3) is 0.238. The molecule has 0 saturated carbocycles. The molecule has 0 spiro atoms. The second-order valence-corrected chi connectivity index (χ2v) is 7.99. The second-order valence-electron chi connectivity index (χ2n) is 6.98. The minimum Gasteiger partial charge on any atom is -0.346 e. The molecule has 1 aliphatic heterocycles. The zero-order valence-corrected chi connectivity index (χ0v) is 16.6. The van der Waals surface area contributed by atoms with Crippen molar-refractivity contribution in [2.24, 2.45) is 0 Å². The summed E-state index contributed by atoms with van der Waals surface area (Å²) < 4.78 is 2.83. The van der Waals surface area contributed by atoms with Crippen LogP contribution in [0.5, 0.6) is 0 Å². The van der Waals surface area contributed by atoms with Gasteiger partial charge >= 0.3 is 0 Å². The maximum absolute atomic E-state index is 13.0. The molecule has 0 radical (unpaired) electrons. The van der Waals surface area contributed by atoms with Crippen LogP contribution in [0.3, 0.4) is 0 Å². The summed E-state index contributed by atoms with van der Waals surface area (Å²) >= 11 is 1.71. The van der Waals surface area contributed by atoms with Crippen molar-refractivity contribution in [3.63, 3.8) is 0 Å². The summed E-state index contributed by atoms with van der Waals surface area (Å²) in [5, 5.41) is 9.24. The quantitative estimate of drug-likeness (QED) is 0.524. The van der Waals surface area contributed by atoms with Crippen molar-refractivity contribution in [1.29, 1.82) is 0 Å². The van der Waals surface area contributed by atoms with E-state index in [0.717, 1.165) is 35.8 Å². The van der Waals surface area contributed by atoms with Crippen molar-refractivity contribution >= 4 is 32.6 Å². The molecule has 0 unspecified atom stereocenters. The van der Waals surface area contributed by atoms with Gasteiger partial charge in [-0.3, -0.25) is 4.79 Å². The number of fused-ring (bicyclic) bond motifs is 1. The van der Waals surface area contributed by atoms with Gasteiger partial charge in [-0.25, -0.2) is 9.67 Å². The van der Waals surface area contributed by atoms with Crippen LogP contribution in [0.2, 0.25) is 0 Å². The third kappa shape index (κ3) is 3.58. The lowest BCUT2D eigenvalue weighted by atomic mass is 10.3. The van der Waals surface area contributed by atoms with Crippen LogP contribution in [-0.4, -0.2) is 57.0 Å². The summed E-state index contributed by atoms with van der Waals surface area (Å²) in [5.74, 6) is -0.0710. The molecule has 1 fully saturated rings. The Bertz CT molecular complexity index is 1110. The van der Waals surface area contributed by atoms with Crippen LogP contribution in [-0.2, 0) is 0 Å². The minimum absolute atomic E-state index is 0.0710. The molecule has 2 aromatic heterocycles. The molecular weight excluding hydrogens is 384 g/mol. The number of aromatic nitrogens is 4. The monoisotopic (exact) mass is 404 g/mol. The molecule has 0 bridgehead atoms. The molecule has 5 rings (SSSR count). The molecule has 0 N–H and O–H groups in total. The highest BCUT2D eigenvalue weighted by Crippen LogP contribution is 2.29. The number of para-hydroxylation sites is 2. The van der Waals surface area contributed by atoms with Crippen molar-refractivity contribution in [3.8, 4) is 5.69 Å². The first kappa shape index (κ1) is 17.8. The van der Waals surface area contributed by atoms with E-state index in [1.165, 1.54) is 4.70 Å². The molecular formula is C21H20N6OS. The summed E-state index contributed by atoms with van der Waals surface area (Å²) in [6.45, 7) is 3.00. The number of amides is 1. The number of rotatable bonds is 3. The first-order valence-corrected chi connectivity index (χ1v) is 10.5. The Balaban J connectivity index is 1.29. The highest BCUT2D eigenvalue weighted by Gasteiger charge is 2.24. The molecule has 1 aliphatic rings. The largest absolute Gasteiger partial charge is 0.346 e. The molecule has 3 heterocycles. The number of benzene rings is 2. The Morgan fingerprint density at radius 3 is 2.62 bits per heavy atom. The Kier molecular flexibility index (Phi) is 4.69. The fourth-order valence-corrected chi connectivity index (χ4v) is 4.56. The zero-order chi connectivity index (χ0) is 19.6. The lowest BCUT2D eigenvalue weighted by Gasteiger charge is -2.20. The third-order valence-electron chi connectivity index (χ3n) is 5.07. The predicted octanol–water partition coefficient (Wildman–Crippen LogP) is 3.23. The summed E-state index contributed by atoms with van der Waals surface area (Å²) in [4.78, 5) is 21.9. The van der Waals surface area contributed by atoms with Gasteiger partial charge in [0.2, 0.25) is 0 Å². The zero-order valence-electron chi connectivity index (χ0n) is 15.8. The summed E-state index contributed by atoms with van der Waals surface area (Å²) in [6.07, 6.45) is 2.60. The van der Waals surface area contributed by atoms with E-state index in [4.69, 9.17) is 4.98 Å². The van der Waals surface area contributed by atoms with Crippen LogP contribution in [0.15, 0.2) is 60.8 Å². The SMILES string of the molecule is O=C(c1cn(-c2ccccc2)nn1)N1CCCN(c2nc3ccccc3s2)CC1. The molecule has 7 nitrogen and oxygen atoms in total. The van der Waals surface area contributed by atoms with Gasteiger partial charge in [-0.1, -0.05) is 46.9 Å². The first-order valence-electron chi connectivity index (χ1n) is 9.65. The Morgan fingerprint density at radius 2 is 1.76 bits per heavy atom. The summed E-state index contributed by atoms with van der Waals surface area (Å²) in [7, 11) is 0. The standard InChI is InChI=1S/C21H20N6OS/c28-20(18-15-27(24-23-18)16-7-2-1-3-8-16)25-11-6-12-26(14-13-25)21-22-17-9-4-5-10-19(17)29-21/h1-5,7-10,15H,6,11-14H2. The number of hydrogen-bond donors (Lipinski definition) is 0. The molecule has 146 valence electrons. The Hall–Kier alpha value is -3.26. The topological polar surface area (TPSA) is 67.2 Å². The maximum atomic E-state index is 13.0. The normalized spacial score (nSPS) is 14.9. The fourth-order valence-electron chi connectivity index (χ4n) is 3.54. The van der Waals surface area contributed by atoms with Crippen molar-refractivity contribution in [3.05, 3.63) is 66.5 Å². The number of thiazole rings is 1. The van der Waals surface area contributed by atoms with Crippen molar-refractivity contribution in [1.82, 2.24) is 24.9 Å². The summed E-state index contributed by atoms with van der Waals surface area (Å²) in [5.41, 5.74) is 2.29. The number of nitrogens with zero attached hydrogens (tertiary/aromatic N) is 6. The van der Waals surface area contributed by atoms with Crippen molar-refractivity contribution < 1.29 is 4.79 Å². The van der Waals surface area contributed by atoms with Gasteiger partial charge < -0.3 is 9.80 Å². The predicted molar refractivity (Wildman–Crippen MR) is 114 cm³/mol. The van der Waals surface area contributed by atoms with Crippen LogP contribution in [0.1, 0.15) is 16.9 Å². The van der Waals surface area contributed by atoms with Gasteiger partial charge in [0.15, 0.2) is 10.8 Å². The molecule has 2 aromatic carbocycles. The number of anilines is 1. The average molecular weight is 404 g/mol. The van der Waals surface area contributed by atoms with Gasteiger partial charge in [-0.15, -0.1) is 5.10 Å². The average Bonchev–Trinajstić information content (AvgIpc) is 3.35. The van der Waals surface area contributed by atoms with Crippen molar-refractivity contribution in [2.75, 3.05) is 31.1 Å². The number of hydrogen-bond acceptors (Lipinski definition) is 6. The van der Waals surface area contributed by atoms with Crippen LogP contribution >= 0.6 is 11.3 Å². The lowest BCUT2D eigenvalue weighted by molar-refractivity contribution is 0.0761. The Labute approximate surface area is 172 Å². The number of carbonyl (C=O) groups excluding carboxylic acids is 1. The molecule has 0 aliphatic carbocycles. The summed E-state index contributed by atoms with van der Waals surface area (Å²) in [6, 6.07) is 17.9. The van der Waals surface area contributed by atoms with Crippen LogP contribution < -0.4 is 4.90 Å². The van der Waals surface area contributed by atoms with E-state index >= 15 is 0 Å². The van der Waals surface area contributed by atoms with Gasteiger partial charge in [0.05, 0.1) is 22.1 Å². The molecule has 8 heteroatoms. The van der Waals surface area contributed by atoms with Crippen LogP contribution in [0.25, 0.3) is 15.9 Å². The maximum Gasteiger partial charge on any atom is 0.276 e. The smallest absolute Gasteiger partial charge is 0.276 e. The highest BCUT2D eigenvalue weighted by atomic mass is 32.1. The van der Waals surface area contributed by atoms with Gasteiger partial charge in [-0.2, -0.15) is 0 Å². The third-order valence-corrected chi connectivity index (χ3v) is 6.17. The van der Waals surface area contributed by atoms with Gasteiger partial charge in [0.1, 0.15) is 0 Å². The van der Waals surface area contributed by atoms with Crippen LogP contribution in [0, 0.1) is 0 Å². The lowest BCUT2D eigenvalue weighted by Crippen LogP contribution is -2.35. The number of carbonyl (C=O) groups is 1. The van der Waals surface area contributed by atoms with Crippen molar-refractivity contribution in [2.45, 2.75) is 6.42 Å². The van der Waals surface area contributed by atoms with E-state index < -0.39 is 0 Å². The van der Waals surface area contributed by atoms with Gasteiger partial charge in [0.25, 0.3) is 5.91 Å². The minimum atomic E-state index is -0.0710.